The molecule has 5 heteroatoms. The molecule has 0 radical (unpaired) electrons. The van der Waals surface area contributed by atoms with Gasteiger partial charge in [0, 0.05) is 12.2 Å². The number of nitrogens with zero attached hydrogens (tertiary/aromatic N) is 1. The molecular weight excluding hydrogens is 285 g/mol. The first-order chi connectivity index (χ1) is 10.6. The molecule has 0 saturated heterocycles. The van der Waals surface area contributed by atoms with Crippen molar-refractivity contribution in [3.63, 3.8) is 0 Å². The Balaban J connectivity index is 2.43. The zero-order valence-electron chi connectivity index (χ0n) is 12.8. The number of halogens is 1. The first-order valence-corrected chi connectivity index (χ1v) is 6.90. The zero-order chi connectivity index (χ0) is 16.1. The summed E-state index contributed by atoms with van der Waals surface area (Å²) in [6.45, 7) is 2.30. The van der Waals surface area contributed by atoms with Gasteiger partial charge in [-0.1, -0.05) is 6.07 Å². The molecule has 4 nitrogen and oxygen atoms in total. The molecule has 0 aromatic heterocycles. The van der Waals surface area contributed by atoms with Gasteiger partial charge in [-0.05, 0) is 43.3 Å². The van der Waals surface area contributed by atoms with E-state index < -0.39 is 0 Å². The Kier molecular flexibility index (Phi) is 4.99. The summed E-state index contributed by atoms with van der Waals surface area (Å²) in [5.74, 6) is 0.301. The van der Waals surface area contributed by atoms with Crippen molar-refractivity contribution < 1.29 is 18.7 Å². The molecule has 0 saturated carbocycles. The zero-order valence-corrected chi connectivity index (χ0v) is 12.8. The summed E-state index contributed by atoms with van der Waals surface area (Å²) >= 11 is 0. The third kappa shape index (κ3) is 3.03. The molecule has 0 aliphatic heterocycles. The number of ether oxygens (including phenoxy) is 2. The van der Waals surface area contributed by atoms with Crippen LogP contribution < -0.4 is 14.4 Å². The van der Waals surface area contributed by atoms with Gasteiger partial charge in [-0.25, -0.2) is 4.39 Å². The maximum Gasteiger partial charge on any atom is 0.262 e. The van der Waals surface area contributed by atoms with Crippen molar-refractivity contribution in [2.24, 2.45) is 0 Å². The fourth-order valence-corrected chi connectivity index (χ4v) is 2.27. The van der Waals surface area contributed by atoms with Crippen LogP contribution in [0.25, 0.3) is 0 Å². The Hall–Kier alpha value is -2.56. The van der Waals surface area contributed by atoms with Gasteiger partial charge in [0.2, 0.25) is 0 Å². The smallest absolute Gasteiger partial charge is 0.262 e. The molecule has 0 bridgehead atoms. The summed E-state index contributed by atoms with van der Waals surface area (Å²) in [5.41, 5.74) is 1.02. The van der Waals surface area contributed by atoms with Crippen LogP contribution >= 0.6 is 0 Å². The molecule has 116 valence electrons. The van der Waals surface area contributed by atoms with Crippen molar-refractivity contribution in [2.45, 2.75) is 6.92 Å². The van der Waals surface area contributed by atoms with Gasteiger partial charge in [-0.15, -0.1) is 0 Å². The molecule has 2 aromatic rings. The van der Waals surface area contributed by atoms with Crippen LogP contribution in [0, 0.1) is 5.82 Å². The monoisotopic (exact) mass is 303 g/mol. The first kappa shape index (κ1) is 15.8. The van der Waals surface area contributed by atoms with Crippen LogP contribution in [-0.2, 0) is 0 Å². The molecule has 0 atom stereocenters. The first-order valence-electron chi connectivity index (χ1n) is 6.90. The minimum atomic E-state index is -0.341. The highest BCUT2D eigenvalue weighted by Gasteiger charge is 2.22. The fraction of sp³-hybridized carbons (Fsp3) is 0.235. The summed E-state index contributed by atoms with van der Waals surface area (Å²) in [5, 5.41) is 0. The highest BCUT2D eigenvalue weighted by Crippen LogP contribution is 2.32. The fourth-order valence-electron chi connectivity index (χ4n) is 2.27. The largest absolute Gasteiger partial charge is 0.493 e. The number of hydrogen-bond donors (Lipinski definition) is 0. The average Bonchev–Trinajstić information content (AvgIpc) is 2.56. The second kappa shape index (κ2) is 6.93. The highest BCUT2D eigenvalue weighted by molar-refractivity contribution is 6.08. The highest BCUT2D eigenvalue weighted by atomic mass is 19.1. The van der Waals surface area contributed by atoms with E-state index in [0.29, 0.717) is 29.3 Å². The Morgan fingerprint density at radius 2 is 1.77 bits per heavy atom. The van der Waals surface area contributed by atoms with Gasteiger partial charge in [0.05, 0.1) is 19.8 Å². The number of carbonyl (C=O) groups excluding carboxylic acids is 1. The molecule has 0 N–H and O–H groups in total. The Bertz CT molecular complexity index is 655. The molecular formula is C17H18FNO3. The molecule has 22 heavy (non-hydrogen) atoms. The summed E-state index contributed by atoms with van der Waals surface area (Å²) < 4.78 is 23.6. The van der Waals surface area contributed by atoms with E-state index in [-0.39, 0.29) is 11.7 Å². The third-order valence-electron chi connectivity index (χ3n) is 3.33. The van der Waals surface area contributed by atoms with Crippen molar-refractivity contribution in [2.75, 3.05) is 25.7 Å². The number of para-hydroxylation sites is 1. The minimum absolute atomic E-state index is 0.232. The molecule has 0 aliphatic rings. The standard InChI is InChI=1S/C17H18FNO3/c1-4-19(13-10-8-12(18)9-11-13)17(20)14-6-5-7-15(21-2)16(14)22-3/h5-11H,4H2,1-3H3. The number of benzene rings is 2. The van der Waals surface area contributed by atoms with E-state index in [4.69, 9.17) is 9.47 Å². The number of carbonyl (C=O) groups is 1. The van der Waals surface area contributed by atoms with Crippen LogP contribution in [0.1, 0.15) is 17.3 Å². The Morgan fingerprint density at radius 1 is 1.09 bits per heavy atom. The molecule has 2 aromatic carbocycles. The van der Waals surface area contributed by atoms with Gasteiger partial charge in [0.25, 0.3) is 5.91 Å². The summed E-state index contributed by atoms with van der Waals surface area (Å²) in [6.07, 6.45) is 0. The number of hydrogen-bond acceptors (Lipinski definition) is 3. The molecule has 0 fully saturated rings. The number of rotatable bonds is 5. The van der Waals surface area contributed by atoms with E-state index in [1.807, 2.05) is 6.92 Å². The van der Waals surface area contributed by atoms with Gasteiger partial charge < -0.3 is 14.4 Å². The quantitative estimate of drug-likeness (QED) is 0.848. The van der Waals surface area contributed by atoms with Crippen LogP contribution in [0.4, 0.5) is 10.1 Å². The van der Waals surface area contributed by atoms with Gasteiger partial charge in [-0.3, -0.25) is 4.79 Å². The number of amides is 1. The van der Waals surface area contributed by atoms with Crippen molar-refractivity contribution in [1.29, 1.82) is 0 Å². The van der Waals surface area contributed by atoms with Gasteiger partial charge >= 0.3 is 0 Å². The second-order valence-corrected chi connectivity index (χ2v) is 4.57. The van der Waals surface area contributed by atoms with Crippen molar-refractivity contribution in [3.8, 4) is 11.5 Å². The second-order valence-electron chi connectivity index (χ2n) is 4.57. The lowest BCUT2D eigenvalue weighted by Gasteiger charge is -2.22. The SMILES string of the molecule is CCN(C(=O)c1cccc(OC)c1OC)c1ccc(F)cc1. The van der Waals surface area contributed by atoms with Crippen LogP contribution in [0.2, 0.25) is 0 Å². The van der Waals surface area contributed by atoms with Crippen LogP contribution in [0.15, 0.2) is 42.5 Å². The molecule has 1 amide bonds. The Labute approximate surface area is 129 Å². The lowest BCUT2D eigenvalue weighted by Crippen LogP contribution is -2.31. The normalized spacial score (nSPS) is 10.2. The summed E-state index contributed by atoms with van der Waals surface area (Å²) in [7, 11) is 3.01. The predicted molar refractivity (Wildman–Crippen MR) is 83.3 cm³/mol. The third-order valence-corrected chi connectivity index (χ3v) is 3.33. The van der Waals surface area contributed by atoms with Crippen LogP contribution in [0.3, 0.4) is 0 Å². The maximum absolute atomic E-state index is 13.1. The van der Waals surface area contributed by atoms with E-state index in [9.17, 15) is 9.18 Å². The molecule has 2 rings (SSSR count). The van der Waals surface area contributed by atoms with Crippen molar-refractivity contribution in [3.05, 3.63) is 53.8 Å². The van der Waals surface area contributed by atoms with E-state index >= 15 is 0 Å². The maximum atomic E-state index is 13.1. The molecule has 0 aliphatic carbocycles. The lowest BCUT2D eigenvalue weighted by molar-refractivity contribution is 0.0984. The van der Waals surface area contributed by atoms with Gasteiger partial charge in [0.15, 0.2) is 11.5 Å². The van der Waals surface area contributed by atoms with Crippen molar-refractivity contribution in [1.82, 2.24) is 0 Å². The van der Waals surface area contributed by atoms with Gasteiger partial charge in [-0.2, -0.15) is 0 Å². The van der Waals surface area contributed by atoms with Crippen LogP contribution in [0.5, 0.6) is 11.5 Å². The number of methoxy groups -OCH3 is 2. The molecule has 0 spiro atoms. The lowest BCUT2D eigenvalue weighted by atomic mass is 10.1. The van der Waals surface area contributed by atoms with E-state index in [1.54, 1.807) is 35.2 Å². The molecule has 0 heterocycles. The number of anilines is 1. The van der Waals surface area contributed by atoms with Crippen molar-refractivity contribution >= 4 is 11.6 Å². The summed E-state index contributed by atoms with van der Waals surface area (Å²) in [4.78, 5) is 14.4. The topological polar surface area (TPSA) is 38.8 Å². The molecule has 0 unspecified atom stereocenters. The van der Waals surface area contributed by atoms with E-state index in [0.717, 1.165) is 0 Å². The average molecular weight is 303 g/mol. The Morgan fingerprint density at radius 3 is 2.32 bits per heavy atom. The van der Waals surface area contributed by atoms with Crippen LogP contribution in [-0.4, -0.2) is 26.7 Å². The van der Waals surface area contributed by atoms with E-state index in [1.165, 1.54) is 26.4 Å². The minimum Gasteiger partial charge on any atom is -0.493 e. The van der Waals surface area contributed by atoms with E-state index in [2.05, 4.69) is 0 Å². The summed E-state index contributed by atoms with van der Waals surface area (Å²) in [6, 6.07) is 10.9. The predicted octanol–water partition coefficient (Wildman–Crippen LogP) is 3.51. The van der Waals surface area contributed by atoms with Gasteiger partial charge in [0.1, 0.15) is 5.82 Å².